The van der Waals surface area contributed by atoms with Crippen molar-refractivity contribution < 1.29 is 23.2 Å². The van der Waals surface area contributed by atoms with Crippen LogP contribution < -0.4 is 16.4 Å². The summed E-state index contributed by atoms with van der Waals surface area (Å²) in [5, 5.41) is 5.28. The Balaban J connectivity index is 1.21. The fraction of sp³-hybridized carbons (Fsp3) is 0.259. The molecule has 196 valence electrons. The van der Waals surface area contributed by atoms with Crippen LogP contribution in [0.25, 0.3) is 16.2 Å². The number of thiazole rings is 1. The van der Waals surface area contributed by atoms with Crippen molar-refractivity contribution in [2.75, 3.05) is 5.32 Å². The highest BCUT2D eigenvalue weighted by Gasteiger charge is 2.29. The van der Waals surface area contributed by atoms with Crippen molar-refractivity contribution in [3.05, 3.63) is 76.4 Å². The highest BCUT2D eigenvalue weighted by Crippen LogP contribution is 2.38. The lowest BCUT2D eigenvalue weighted by Crippen LogP contribution is -2.42. The molecule has 11 heteroatoms. The molecule has 2 atom stereocenters. The van der Waals surface area contributed by atoms with Crippen molar-refractivity contribution in [1.29, 1.82) is 0 Å². The van der Waals surface area contributed by atoms with Crippen LogP contribution in [0.3, 0.4) is 0 Å². The molecule has 2 aromatic heterocycles. The van der Waals surface area contributed by atoms with Crippen LogP contribution in [-0.4, -0.2) is 33.1 Å². The van der Waals surface area contributed by atoms with Gasteiger partial charge in [0.15, 0.2) is 4.96 Å². The minimum absolute atomic E-state index is 0.176. The summed E-state index contributed by atoms with van der Waals surface area (Å²) in [6.07, 6.45) is 4.23. The van der Waals surface area contributed by atoms with Crippen LogP contribution in [0.15, 0.2) is 48.7 Å². The number of hydrogen-bond donors (Lipinski definition) is 3. The number of fused-ring (bicyclic) bond motifs is 3. The van der Waals surface area contributed by atoms with E-state index in [0.29, 0.717) is 5.69 Å². The number of halogens is 2. The average Bonchev–Trinajstić information content (AvgIpc) is 3.42. The predicted molar refractivity (Wildman–Crippen MR) is 140 cm³/mol. The van der Waals surface area contributed by atoms with Gasteiger partial charge >= 0.3 is 0 Å². The summed E-state index contributed by atoms with van der Waals surface area (Å²) in [7, 11) is 0. The van der Waals surface area contributed by atoms with Gasteiger partial charge in [-0.25, -0.2) is 13.8 Å². The van der Waals surface area contributed by atoms with Gasteiger partial charge in [-0.05, 0) is 56.0 Å². The second-order valence-corrected chi connectivity index (χ2v) is 10.4. The fourth-order valence-corrected chi connectivity index (χ4v) is 5.96. The lowest BCUT2D eigenvalue weighted by molar-refractivity contribution is -0.125. The summed E-state index contributed by atoms with van der Waals surface area (Å²) in [6.45, 7) is 1.52. The van der Waals surface area contributed by atoms with Crippen molar-refractivity contribution in [3.63, 3.8) is 0 Å². The van der Waals surface area contributed by atoms with Crippen molar-refractivity contribution >= 4 is 39.7 Å². The summed E-state index contributed by atoms with van der Waals surface area (Å²) >= 11 is 1.50. The molecule has 1 aliphatic rings. The molecule has 8 nitrogen and oxygen atoms in total. The monoisotopic (exact) mass is 537 g/mol. The van der Waals surface area contributed by atoms with E-state index in [0.717, 1.165) is 64.3 Å². The van der Waals surface area contributed by atoms with E-state index in [9.17, 15) is 23.2 Å². The Morgan fingerprint density at radius 2 is 1.87 bits per heavy atom. The summed E-state index contributed by atoms with van der Waals surface area (Å²) in [6, 6.07) is 9.16. The number of nitrogens with zero attached hydrogens (tertiary/aromatic N) is 2. The second-order valence-electron chi connectivity index (χ2n) is 9.35. The topological polar surface area (TPSA) is 119 Å². The molecule has 4 N–H and O–H groups in total. The molecule has 2 aromatic carbocycles. The highest BCUT2D eigenvalue weighted by atomic mass is 32.1. The number of nitrogens with one attached hydrogen (secondary N) is 2. The molecule has 1 aliphatic carbocycles. The Morgan fingerprint density at radius 1 is 1.16 bits per heavy atom. The maximum Gasteiger partial charge on any atom is 0.246 e. The average molecular weight is 538 g/mol. The Morgan fingerprint density at radius 3 is 2.55 bits per heavy atom. The molecule has 4 aromatic rings. The van der Waals surface area contributed by atoms with Gasteiger partial charge in [0.05, 0.1) is 18.0 Å². The lowest BCUT2D eigenvalue weighted by Gasteiger charge is -2.18. The first-order chi connectivity index (χ1) is 18.2. The van der Waals surface area contributed by atoms with Crippen molar-refractivity contribution in [2.24, 2.45) is 5.73 Å². The third-order valence-electron chi connectivity index (χ3n) is 6.52. The molecule has 0 saturated carbocycles. The molecule has 0 fully saturated rings. The van der Waals surface area contributed by atoms with E-state index in [1.807, 2.05) is 22.7 Å². The highest BCUT2D eigenvalue weighted by molar-refractivity contribution is 7.17. The maximum atomic E-state index is 13.3. The van der Waals surface area contributed by atoms with Gasteiger partial charge in [-0.15, -0.1) is 11.3 Å². The van der Waals surface area contributed by atoms with Crippen LogP contribution in [0.1, 0.15) is 41.8 Å². The summed E-state index contributed by atoms with van der Waals surface area (Å²) in [4.78, 5) is 43.2. The van der Waals surface area contributed by atoms with Crippen LogP contribution in [0.2, 0.25) is 0 Å². The third-order valence-corrected chi connectivity index (χ3v) is 7.73. The first-order valence-electron chi connectivity index (χ1n) is 12.1. The molecule has 0 spiro atoms. The van der Waals surface area contributed by atoms with Crippen molar-refractivity contribution in [3.8, 4) is 11.3 Å². The number of carbonyl (C=O) groups is 3. The summed E-state index contributed by atoms with van der Waals surface area (Å²) in [5.74, 6) is -3.06. The van der Waals surface area contributed by atoms with Gasteiger partial charge in [-0.2, -0.15) is 0 Å². The van der Waals surface area contributed by atoms with Gasteiger partial charge in [-0.1, -0.05) is 12.1 Å². The normalized spacial score (nSPS) is 15.6. The number of hydrogen-bond acceptors (Lipinski definition) is 5. The Kier molecular flexibility index (Phi) is 6.94. The van der Waals surface area contributed by atoms with E-state index < -0.39 is 29.5 Å². The van der Waals surface area contributed by atoms with Crippen LogP contribution in [0.4, 0.5) is 14.5 Å². The molecule has 0 saturated heterocycles. The Hall–Kier alpha value is -4.12. The van der Waals surface area contributed by atoms with Gasteiger partial charge in [-0.3, -0.25) is 18.8 Å². The first-order valence-corrected chi connectivity index (χ1v) is 12.9. The molecule has 3 amide bonds. The number of carbonyl (C=O) groups excluding carboxylic acids is 3. The number of amides is 3. The minimum Gasteiger partial charge on any atom is -0.369 e. The fourth-order valence-electron chi connectivity index (χ4n) is 4.67. The van der Waals surface area contributed by atoms with Crippen LogP contribution in [-0.2, 0) is 27.2 Å². The number of aromatic nitrogens is 2. The van der Waals surface area contributed by atoms with E-state index in [4.69, 9.17) is 10.7 Å². The number of nitrogens with two attached hydrogens (primary N) is 1. The maximum absolute atomic E-state index is 13.3. The molecular weight excluding hydrogens is 512 g/mol. The number of rotatable bonds is 7. The molecule has 0 bridgehead atoms. The first kappa shape index (κ1) is 25.5. The van der Waals surface area contributed by atoms with Gasteiger partial charge in [0, 0.05) is 34.1 Å². The molecule has 0 radical (unpaired) electrons. The van der Waals surface area contributed by atoms with Crippen molar-refractivity contribution in [1.82, 2.24) is 14.7 Å². The molecular formula is C27H25F2N5O3S. The molecule has 5 rings (SSSR count). The van der Waals surface area contributed by atoms with Gasteiger partial charge in [0.25, 0.3) is 0 Å². The standard InChI is InChI=1S/C27H25F2N5O3S/c1-14(31-23(35)11-15-9-17(28)12-18(29)10-15)26(37)32-19-7-5-16(6-8-19)21-13-34-22-4-2-3-20(25(30)36)24(22)38-27(34)33-21/h5-10,12-14,20H,2-4,11H2,1H3,(H2,30,36)(H,31,35)(H,32,37)/t14-,20?/m0/s1. The largest absolute Gasteiger partial charge is 0.369 e. The van der Waals surface area contributed by atoms with E-state index in [-0.39, 0.29) is 23.8 Å². The van der Waals surface area contributed by atoms with Gasteiger partial charge in [0.1, 0.15) is 17.7 Å². The van der Waals surface area contributed by atoms with E-state index >= 15 is 0 Å². The zero-order valence-corrected chi connectivity index (χ0v) is 21.3. The van der Waals surface area contributed by atoms with Crippen LogP contribution in [0.5, 0.6) is 0 Å². The van der Waals surface area contributed by atoms with Crippen LogP contribution in [0, 0.1) is 11.6 Å². The van der Waals surface area contributed by atoms with E-state index in [1.54, 1.807) is 12.1 Å². The second kappa shape index (κ2) is 10.3. The lowest BCUT2D eigenvalue weighted by atomic mass is 9.91. The predicted octanol–water partition coefficient (Wildman–Crippen LogP) is 3.93. The number of imidazole rings is 1. The zero-order chi connectivity index (χ0) is 27.0. The van der Waals surface area contributed by atoms with Crippen molar-refractivity contribution in [2.45, 2.75) is 44.6 Å². The molecule has 0 aliphatic heterocycles. The quantitative estimate of drug-likeness (QED) is 0.331. The molecule has 2 heterocycles. The Bertz CT molecular complexity index is 1530. The SMILES string of the molecule is C[C@H](NC(=O)Cc1cc(F)cc(F)c1)C(=O)Nc1ccc(-c2cn3c4c(sc3n2)C(C(N)=O)CCC4)cc1. The Labute approximate surface area is 220 Å². The van der Waals surface area contributed by atoms with E-state index in [1.165, 1.54) is 18.3 Å². The van der Waals surface area contributed by atoms with Crippen LogP contribution >= 0.6 is 11.3 Å². The third kappa shape index (κ3) is 5.28. The molecule has 1 unspecified atom stereocenters. The minimum atomic E-state index is -0.865. The number of primary amides is 1. The smallest absolute Gasteiger partial charge is 0.246 e. The zero-order valence-electron chi connectivity index (χ0n) is 20.5. The van der Waals surface area contributed by atoms with E-state index in [2.05, 4.69) is 10.6 Å². The summed E-state index contributed by atoms with van der Waals surface area (Å²) in [5.41, 5.74) is 9.02. The number of anilines is 1. The van der Waals surface area contributed by atoms with Gasteiger partial charge < -0.3 is 16.4 Å². The molecule has 38 heavy (non-hydrogen) atoms. The summed E-state index contributed by atoms with van der Waals surface area (Å²) < 4.78 is 28.7. The van der Waals surface area contributed by atoms with Gasteiger partial charge in [0.2, 0.25) is 17.7 Å². The number of aryl methyl sites for hydroxylation is 1. The number of benzene rings is 2.